The molecular formula is C14H15BrN2OS. The van der Waals surface area contributed by atoms with Gasteiger partial charge in [0.05, 0.1) is 10.0 Å². The van der Waals surface area contributed by atoms with Gasteiger partial charge in [0.25, 0.3) is 0 Å². The first-order chi connectivity index (χ1) is 8.66. The van der Waals surface area contributed by atoms with E-state index in [0.717, 1.165) is 11.1 Å². The number of benzene rings is 1. The first-order valence-electron chi connectivity index (χ1n) is 5.61. The van der Waals surface area contributed by atoms with E-state index < -0.39 is 0 Å². The molecule has 0 aliphatic heterocycles. The fraction of sp³-hybridized carbons (Fsp3) is 0.286. The zero-order chi connectivity index (χ0) is 14.8. The molecule has 0 amide bonds. The number of hydrogen-bond donors (Lipinski definition) is 2. The maximum atomic E-state index is 10.1. The molecule has 0 unspecified atom stereocenters. The largest absolute Gasteiger partial charge is 0.506 e. The molecular weight excluding hydrogens is 324 g/mol. The van der Waals surface area contributed by atoms with Crippen LogP contribution in [-0.4, -0.2) is 10.1 Å². The Balaban J connectivity index is 3.46. The average molecular weight is 339 g/mol. The second-order valence-electron chi connectivity index (χ2n) is 5.18. The quantitative estimate of drug-likeness (QED) is 0.490. The summed E-state index contributed by atoms with van der Waals surface area (Å²) in [7, 11) is 0. The zero-order valence-corrected chi connectivity index (χ0v) is 13.4. The molecule has 100 valence electrons. The van der Waals surface area contributed by atoms with E-state index in [1.165, 1.54) is 0 Å². The van der Waals surface area contributed by atoms with Gasteiger partial charge in [0, 0.05) is 5.56 Å². The summed E-state index contributed by atoms with van der Waals surface area (Å²) >= 11 is 8.12. The van der Waals surface area contributed by atoms with Crippen LogP contribution in [0.25, 0.3) is 6.08 Å². The molecule has 0 aromatic heterocycles. The Bertz CT molecular complexity index is 595. The molecule has 0 spiro atoms. The van der Waals surface area contributed by atoms with E-state index >= 15 is 0 Å². The number of hydrogen-bond acceptors (Lipinski definition) is 3. The van der Waals surface area contributed by atoms with Gasteiger partial charge in [-0.05, 0) is 45.1 Å². The highest BCUT2D eigenvalue weighted by atomic mass is 79.9. The molecule has 1 aromatic rings. The minimum absolute atomic E-state index is 0.0593. The van der Waals surface area contributed by atoms with Crippen molar-refractivity contribution in [3.63, 3.8) is 0 Å². The van der Waals surface area contributed by atoms with Gasteiger partial charge < -0.3 is 10.8 Å². The highest BCUT2D eigenvalue weighted by Gasteiger charge is 2.20. The number of nitrogens with zero attached hydrogens (tertiary/aromatic N) is 1. The summed E-state index contributed by atoms with van der Waals surface area (Å²) < 4.78 is 0.575. The van der Waals surface area contributed by atoms with Crippen molar-refractivity contribution in [2.45, 2.75) is 26.2 Å². The van der Waals surface area contributed by atoms with E-state index in [9.17, 15) is 5.11 Å². The Morgan fingerprint density at radius 3 is 2.47 bits per heavy atom. The lowest BCUT2D eigenvalue weighted by Crippen LogP contribution is -2.12. The molecule has 0 atom stereocenters. The van der Waals surface area contributed by atoms with Crippen molar-refractivity contribution in [1.29, 1.82) is 5.26 Å². The molecule has 3 nitrogen and oxygen atoms in total. The van der Waals surface area contributed by atoms with Gasteiger partial charge in [0.15, 0.2) is 0 Å². The summed E-state index contributed by atoms with van der Waals surface area (Å²) in [6, 6.07) is 5.51. The van der Waals surface area contributed by atoms with Crippen LogP contribution in [-0.2, 0) is 5.41 Å². The number of nitriles is 1. The van der Waals surface area contributed by atoms with Gasteiger partial charge in [-0.15, -0.1) is 0 Å². The van der Waals surface area contributed by atoms with E-state index in [1.807, 2.05) is 32.9 Å². The highest BCUT2D eigenvalue weighted by Crippen LogP contribution is 2.37. The topological polar surface area (TPSA) is 70.0 Å². The van der Waals surface area contributed by atoms with Crippen molar-refractivity contribution >= 4 is 39.2 Å². The monoisotopic (exact) mass is 338 g/mol. The molecule has 0 aliphatic rings. The summed E-state index contributed by atoms with van der Waals surface area (Å²) in [6.07, 6.45) is 1.61. The van der Waals surface area contributed by atoms with Gasteiger partial charge in [-0.1, -0.05) is 33.0 Å². The van der Waals surface area contributed by atoms with Crippen LogP contribution in [0.1, 0.15) is 31.9 Å². The van der Waals surface area contributed by atoms with Gasteiger partial charge in [0.2, 0.25) is 0 Å². The third kappa shape index (κ3) is 3.79. The average Bonchev–Trinajstić information content (AvgIpc) is 2.28. The molecule has 0 aliphatic carbocycles. The third-order valence-electron chi connectivity index (χ3n) is 2.59. The number of phenolic OH excluding ortho intramolecular Hbond substituents is 1. The number of halogens is 1. The minimum atomic E-state index is -0.216. The second kappa shape index (κ2) is 5.72. The SMILES string of the molecule is CC(C)(C)c1cc(/C=C(\C#N)C(N)=S)cc(Br)c1O. The first-order valence-corrected chi connectivity index (χ1v) is 6.81. The Kier molecular flexibility index (Phi) is 4.72. The lowest BCUT2D eigenvalue weighted by molar-refractivity contribution is 0.443. The third-order valence-corrected chi connectivity index (χ3v) is 3.42. The number of thiocarbonyl (C=S) groups is 1. The van der Waals surface area contributed by atoms with Gasteiger partial charge >= 0.3 is 0 Å². The molecule has 0 saturated heterocycles. The van der Waals surface area contributed by atoms with Crippen LogP contribution in [0, 0.1) is 11.3 Å². The Labute approximate surface area is 126 Å². The fourth-order valence-electron chi connectivity index (χ4n) is 1.60. The Morgan fingerprint density at radius 2 is 2.05 bits per heavy atom. The molecule has 19 heavy (non-hydrogen) atoms. The molecule has 5 heteroatoms. The number of nitrogens with two attached hydrogens (primary N) is 1. The van der Waals surface area contributed by atoms with E-state index in [2.05, 4.69) is 15.9 Å². The molecule has 0 radical (unpaired) electrons. The van der Waals surface area contributed by atoms with Crippen LogP contribution in [0.5, 0.6) is 5.75 Å². The lowest BCUT2D eigenvalue weighted by atomic mass is 9.85. The maximum absolute atomic E-state index is 10.1. The number of rotatable bonds is 2. The first kappa shape index (κ1) is 15.7. The Morgan fingerprint density at radius 1 is 1.47 bits per heavy atom. The predicted octanol–water partition coefficient (Wildman–Crippen LogP) is 3.65. The van der Waals surface area contributed by atoms with Crippen molar-refractivity contribution < 1.29 is 5.11 Å². The van der Waals surface area contributed by atoms with Gasteiger partial charge in [-0.2, -0.15) is 5.26 Å². The summed E-state index contributed by atoms with van der Waals surface area (Å²) in [6.45, 7) is 6.00. The van der Waals surface area contributed by atoms with E-state index in [1.54, 1.807) is 12.1 Å². The molecule has 0 heterocycles. The summed E-state index contributed by atoms with van der Waals surface area (Å²) in [5.41, 5.74) is 7.04. The van der Waals surface area contributed by atoms with Gasteiger partial charge in [-0.25, -0.2) is 0 Å². The van der Waals surface area contributed by atoms with Crippen molar-refractivity contribution in [2.24, 2.45) is 5.73 Å². The van der Waals surface area contributed by atoms with Crippen LogP contribution >= 0.6 is 28.1 Å². The van der Waals surface area contributed by atoms with Crippen molar-refractivity contribution in [3.8, 4) is 11.8 Å². The smallest absolute Gasteiger partial charge is 0.133 e. The van der Waals surface area contributed by atoms with Crippen LogP contribution in [0.3, 0.4) is 0 Å². The molecule has 0 bridgehead atoms. The number of phenols is 1. The van der Waals surface area contributed by atoms with E-state index in [-0.39, 0.29) is 21.7 Å². The highest BCUT2D eigenvalue weighted by molar-refractivity contribution is 9.10. The maximum Gasteiger partial charge on any atom is 0.133 e. The van der Waals surface area contributed by atoms with E-state index in [4.69, 9.17) is 23.2 Å². The van der Waals surface area contributed by atoms with Crippen LogP contribution < -0.4 is 5.73 Å². The molecule has 0 fully saturated rings. The van der Waals surface area contributed by atoms with Crippen molar-refractivity contribution in [2.75, 3.05) is 0 Å². The summed E-state index contributed by atoms with van der Waals surface area (Å²) in [4.78, 5) is 0.0593. The molecule has 1 aromatic carbocycles. The molecule has 1 rings (SSSR count). The van der Waals surface area contributed by atoms with E-state index in [0.29, 0.717) is 4.47 Å². The summed E-state index contributed by atoms with van der Waals surface area (Å²) in [5, 5.41) is 19.0. The Hall–Kier alpha value is -1.38. The van der Waals surface area contributed by atoms with Crippen molar-refractivity contribution in [3.05, 3.63) is 33.3 Å². The summed E-state index contributed by atoms with van der Waals surface area (Å²) in [5.74, 6) is 0.207. The number of aromatic hydroxyl groups is 1. The fourth-order valence-corrected chi connectivity index (χ4v) is 2.18. The normalized spacial score (nSPS) is 12.1. The molecule has 0 saturated carbocycles. The second-order valence-corrected chi connectivity index (χ2v) is 6.48. The zero-order valence-electron chi connectivity index (χ0n) is 11.0. The van der Waals surface area contributed by atoms with Crippen LogP contribution in [0.4, 0.5) is 0 Å². The standard InChI is InChI=1S/C14H15BrN2OS/c1-14(2,3)10-5-8(6-11(15)12(10)18)4-9(7-16)13(17)19/h4-6,18H,1-3H3,(H2,17,19)/b9-4+. The van der Waals surface area contributed by atoms with Crippen molar-refractivity contribution in [1.82, 2.24) is 0 Å². The van der Waals surface area contributed by atoms with Crippen LogP contribution in [0.15, 0.2) is 22.2 Å². The predicted molar refractivity (Wildman–Crippen MR) is 84.9 cm³/mol. The van der Waals surface area contributed by atoms with Gasteiger partial charge in [-0.3, -0.25) is 0 Å². The minimum Gasteiger partial charge on any atom is -0.506 e. The van der Waals surface area contributed by atoms with Gasteiger partial charge in [0.1, 0.15) is 16.8 Å². The molecule has 3 N–H and O–H groups in total. The lowest BCUT2D eigenvalue weighted by Gasteiger charge is -2.21. The van der Waals surface area contributed by atoms with Crippen LogP contribution in [0.2, 0.25) is 0 Å².